The minimum Gasteiger partial charge on any atom is -0.465 e. The third-order valence-electron chi connectivity index (χ3n) is 45.7. The van der Waals surface area contributed by atoms with E-state index < -0.39 is 53.2 Å². The lowest BCUT2D eigenvalue weighted by Crippen LogP contribution is -2.51. The molecule has 0 radical (unpaired) electrons. The Bertz CT molecular complexity index is 4400. The Kier molecular flexibility index (Phi) is 37.2. The van der Waals surface area contributed by atoms with Gasteiger partial charge in [0.1, 0.15) is 23.4 Å². The summed E-state index contributed by atoms with van der Waals surface area (Å²) in [4.78, 5) is 146. The molecule has 23 aliphatic rings. The molecular formula is C121H188O29. The van der Waals surface area contributed by atoms with Crippen LogP contribution in [0.15, 0.2) is 0 Å². The zero-order chi connectivity index (χ0) is 109. The van der Waals surface area contributed by atoms with Gasteiger partial charge in [0.15, 0.2) is 0 Å². The van der Waals surface area contributed by atoms with E-state index in [0.717, 1.165) is 162 Å². The lowest BCUT2D eigenvalue weighted by atomic mass is 9.63. The van der Waals surface area contributed by atoms with Gasteiger partial charge in [-0.15, -0.1) is 0 Å². The average Bonchev–Trinajstić information content (AvgIpc) is 1.56. The predicted molar refractivity (Wildman–Crippen MR) is 553 cm³/mol. The number of rotatable bonds is 19. The van der Waals surface area contributed by atoms with Gasteiger partial charge in [-0.05, 0) is 303 Å². The van der Waals surface area contributed by atoms with Gasteiger partial charge in [0, 0.05) is 56.3 Å². The Hall–Kier alpha value is -6.69. The van der Waals surface area contributed by atoms with Gasteiger partial charge in [0.05, 0.1) is 128 Å². The number of fused-ring (bicyclic) bond motifs is 18. The molecule has 9 heterocycles. The van der Waals surface area contributed by atoms with Crippen LogP contribution >= 0.6 is 0 Å². The van der Waals surface area contributed by atoms with Crippen LogP contribution in [0.2, 0.25) is 0 Å². The second-order valence-corrected chi connectivity index (χ2v) is 52.7. The molecule has 48 unspecified atom stereocenters. The van der Waals surface area contributed by atoms with E-state index in [4.69, 9.17) is 47.4 Å². The first-order valence-electron chi connectivity index (χ1n) is 59.3. The van der Waals surface area contributed by atoms with Crippen LogP contribution in [-0.2, 0) is 124 Å². The van der Waals surface area contributed by atoms with E-state index in [9.17, 15) is 72.5 Å². The Morgan fingerprint density at radius 2 is 0.547 bits per heavy atom. The number of ether oxygens (including phenoxy) is 14. The number of carbonyl (C=O) groups is 13. The van der Waals surface area contributed by atoms with Crippen molar-refractivity contribution in [2.24, 2.45) is 231 Å². The summed E-state index contributed by atoms with van der Waals surface area (Å²) in [6.45, 7) is 49.8. The van der Waals surface area contributed by atoms with Crippen molar-refractivity contribution in [3.63, 3.8) is 0 Å². The molecular weight excluding hydrogens is 1920 g/mol. The quantitative estimate of drug-likeness (QED) is 0.0689. The molecule has 0 aromatic rings. The number of hydrogen-bond acceptors (Lipinski definition) is 29. The van der Waals surface area contributed by atoms with Crippen LogP contribution in [0.3, 0.4) is 0 Å². The number of cyclic esters (lactones) is 6. The number of hydrogen-bond donors (Lipinski definition) is 2. The van der Waals surface area contributed by atoms with Gasteiger partial charge < -0.3 is 76.5 Å². The first kappa shape index (κ1) is 117. The Balaban J connectivity index is 0.000000128. The van der Waals surface area contributed by atoms with Gasteiger partial charge in [0.25, 0.3) is 0 Å². The standard InChI is InChI=1S/3C19H30O2.C16H26O5.C16H26O4.C14H22O5.3C6H8O3/c3*1-4-19(10-13-5-6-15(19)7-13)21-18(20)17-9-14-8-16(17)12(3)11(14)2;1-9-10(2)14-12(16(18)6-4-5-7-16)11(13(9)21-14)8-20-15(17)19-3;1-9-10(2)15-13(16(18)6-4-5-7-16)12(14(9)20-15)8-19-11(3)17;1-7-8(2)14-12(6-18-10(4)16)11(13(7)19-14)5-17-9(3)15;3*1-3-4(2)6(8)9-5(3)7/h3*11-17H,4-10H2,1-3H3;9-14,18H,4-8H2,1-3H3;9-10,12-15,18H,4-8H2,1-3H3;7-8,11-14H,5-6H2,1-4H3;3*3-4H,1-2H3. The molecule has 48 atom stereocenters. The zero-order valence-electron chi connectivity index (χ0n) is 95.2. The molecule has 29 nitrogen and oxygen atoms in total. The van der Waals surface area contributed by atoms with Crippen molar-refractivity contribution in [1.82, 2.24) is 0 Å². The molecule has 29 heteroatoms. The molecule has 23 rings (SSSR count). The first-order chi connectivity index (χ1) is 70.8. The molecule has 9 aliphatic heterocycles. The van der Waals surface area contributed by atoms with Gasteiger partial charge in [-0.3, -0.25) is 57.5 Å². The maximum atomic E-state index is 12.9. The monoisotopic (exact) mass is 2110 g/mol. The summed E-state index contributed by atoms with van der Waals surface area (Å²) in [7, 11) is 1.31. The topological polar surface area (TPSA) is 392 Å². The normalized spacial score (nSPS) is 46.5. The highest BCUT2D eigenvalue weighted by molar-refractivity contribution is 5.97. The summed E-state index contributed by atoms with van der Waals surface area (Å²) < 4.78 is 75.4. The number of methoxy groups -OCH3 is 1. The van der Waals surface area contributed by atoms with Crippen LogP contribution in [0.4, 0.5) is 4.79 Å². The molecule has 150 heavy (non-hydrogen) atoms. The number of aliphatic hydroxyl groups is 2. The molecule has 0 aromatic carbocycles. The van der Waals surface area contributed by atoms with Crippen molar-refractivity contribution in [3.8, 4) is 0 Å². The summed E-state index contributed by atoms with van der Waals surface area (Å²) in [6.07, 6.45) is 33.2. The molecule has 14 saturated carbocycles. The third-order valence-corrected chi connectivity index (χ3v) is 45.7. The lowest BCUT2D eigenvalue weighted by Gasteiger charge is -2.42. The summed E-state index contributed by atoms with van der Waals surface area (Å²) in [5.74, 6) is 13.0. The fraction of sp³-hybridized carbons (Fsp3) is 0.893. The molecule has 0 aromatic heterocycles. The molecule has 0 amide bonds. The minimum atomic E-state index is -0.657. The number of esters is 12. The van der Waals surface area contributed by atoms with Crippen LogP contribution in [0.1, 0.15) is 352 Å². The van der Waals surface area contributed by atoms with Crippen molar-refractivity contribution in [2.45, 2.75) is 417 Å². The molecule has 23 fully saturated rings. The molecule has 18 bridgehead atoms. The Labute approximate surface area is 893 Å². The SMILES string of the molecule is CC(=O)OCC1C(COC(C)=O)C2OC1C(C)C2C.CC(=O)OCC1C2OC(C(C)C2C)C1C1(O)CCCC1.CC1C(=O)OC(=O)C1C.CC1C(=O)OC(=O)C1C.CC1C(=O)OC(=O)C1C.CCC1(OC(=O)C2CC3CC2C(C)C3C)CC2CCC1C2.CCC1(OC(=O)C2CC3CC2C(C)C3C)CC2CCC1C2.CCC1(OC(=O)C2CC3CC2C(C)C3C)CC2CCC1C2.COC(=O)OCC1C2OC(C(C)C2C)C1C1(O)CCCC1. The summed E-state index contributed by atoms with van der Waals surface area (Å²) in [5.41, 5.74) is -1.53. The average molecular weight is 2110 g/mol. The van der Waals surface area contributed by atoms with Crippen molar-refractivity contribution < 1.29 is 139 Å². The summed E-state index contributed by atoms with van der Waals surface area (Å²) >= 11 is 0. The maximum absolute atomic E-state index is 12.9. The predicted octanol–water partition coefficient (Wildman–Crippen LogP) is 20.2. The first-order valence-corrected chi connectivity index (χ1v) is 59.3. The van der Waals surface area contributed by atoms with Crippen LogP contribution < -0.4 is 0 Å². The van der Waals surface area contributed by atoms with E-state index >= 15 is 0 Å². The van der Waals surface area contributed by atoms with Gasteiger partial charge in [-0.2, -0.15) is 0 Å². The van der Waals surface area contributed by atoms with E-state index in [-0.39, 0.29) is 185 Å². The lowest BCUT2D eigenvalue weighted by molar-refractivity contribution is -0.175. The smallest absolute Gasteiger partial charge is 0.465 e. The van der Waals surface area contributed by atoms with Crippen LogP contribution in [0.5, 0.6) is 0 Å². The summed E-state index contributed by atoms with van der Waals surface area (Å²) in [6, 6.07) is 0. The van der Waals surface area contributed by atoms with Crippen molar-refractivity contribution in [3.05, 3.63) is 0 Å². The van der Waals surface area contributed by atoms with E-state index in [1.165, 1.54) is 105 Å². The molecule has 0 spiro atoms. The highest BCUT2D eigenvalue weighted by Crippen LogP contribution is 2.65. The van der Waals surface area contributed by atoms with Crippen LogP contribution in [0.25, 0.3) is 0 Å². The highest BCUT2D eigenvalue weighted by atomic mass is 16.7. The van der Waals surface area contributed by atoms with Gasteiger partial charge in [0.2, 0.25) is 0 Å². The fourth-order valence-electron chi connectivity index (χ4n) is 34.6. The van der Waals surface area contributed by atoms with E-state index in [2.05, 4.69) is 123 Å². The molecule has 14 aliphatic carbocycles. The second-order valence-electron chi connectivity index (χ2n) is 52.7. The number of carbonyl (C=O) groups excluding carboxylic acids is 13. The van der Waals surface area contributed by atoms with Crippen molar-refractivity contribution in [1.29, 1.82) is 0 Å². The third kappa shape index (κ3) is 23.3. The Morgan fingerprint density at radius 3 is 0.753 bits per heavy atom. The maximum Gasteiger partial charge on any atom is 0.507 e. The second kappa shape index (κ2) is 47.6. The largest absolute Gasteiger partial charge is 0.507 e. The molecule has 2 N–H and O–H groups in total. The summed E-state index contributed by atoms with van der Waals surface area (Å²) in [5, 5.41) is 22.1. The van der Waals surface area contributed by atoms with Gasteiger partial charge in [-0.25, -0.2) is 4.79 Å². The minimum absolute atomic E-state index is 0.0702. The molecule has 846 valence electrons. The van der Waals surface area contributed by atoms with Gasteiger partial charge in [-0.1, -0.05) is 171 Å². The van der Waals surface area contributed by atoms with Crippen LogP contribution in [-0.4, -0.2) is 186 Å². The van der Waals surface area contributed by atoms with Crippen LogP contribution in [0, 0.1) is 231 Å². The van der Waals surface area contributed by atoms with Gasteiger partial charge >= 0.3 is 77.8 Å². The Morgan fingerprint density at radius 1 is 0.307 bits per heavy atom. The van der Waals surface area contributed by atoms with Crippen molar-refractivity contribution >= 4 is 77.8 Å². The van der Waals surface area contributed by atoms with Crippen molar-refractivity contribution in [2.75, 3.05) is 33.5 Å². The molecule has 9 saturated heterocycles. The fourth-order valence-corrected chi connectivity index (χ4v) is 34.6. The van der Waals surface area contributed by atoms with E-state index in [1.54, 1.807) is 41.5 Å². The zero-order valence-corrected chi connectivity index (χ0v) is 95.2. The highest BCUT2D eigenvalue weighted by Gasteiger charge is 2.68. The van der Waals surface area contributed by atoms with E-state index in [0.29, 0.717) is 109 Å². The van der Waals surface area contributed by atoms with E-state index in [1.807, 2.05) is 0 Å².